The van der Waals surface area contributed by atoms with Crippen molar-refractivity contribution in [2.45, 2.75) is 17.9 Å². The van der Waals surface area contributed by atoms with E-state index >= 15 is 0 Å². The third-order valence-corrected chi connectivity index (χ3v) is 3.93. The number of hydrogen-bond donors (Lipinski definition) is 2. The summed E-state index contributed by atoms with van der Waals surface area (Å²) in [5.41, 5.74) is 2.11. The molecule has 15 heavy (non-hydrogen) atoms. The molecule has 3 N–H and O–H groups in total. The molecule has 0 aliphatic carbocycles. The molecule has 1 rings (SSSR count). The zero-order chi connectivity index (χ0) is 10.9. The van der Waals surface area contributed by atoms with E-state index in [9.17, 15) is 4.79 Å². The van der Waals surface area contributed by atoms with E-state index in [1.807, 2.05) is 18.2 Å². The molecule has 1 amide bonds. The standard InChI is InChI=1S/C9H13N3OS2/c10-12-8(13)4-3-7-14-15-9-5-1-2-6-11-9/h1-2,5-6H,3-4,7,10H2,(H,12,13). The molecular weight excluding hydrogens is 230 g/mol. The third kappa shape index (κ3) is 5.66. The summed E-state index contributed by atoms with van der Waals surface area (Å²) in [4.78, 5) is 15.0. The molecule has 0 aliphatic heterocycles. The van der Waals surface area contributed by atoms with Gasteiger partial charge in [-0.05, 0) is 29.3 Å². The van der Waals surface area contributed by atoms with Gasteiger partial charge in [-0.15, -0.1) is 0 Å². The van der Waals surface area contributed by atoms with Crippen molar-refractivity contribution in [3.05, 3.63) is 24.4 Å². The summed E-state index contributed by atoms with van der Waals surface area (Å²) in [5.74, 6) is 5.76. The van der Waals surface area contributed by atoms with Gasteiger partial charge in [0.2, 0.25) is 5.91 Å². The van der Waals surface area contributed by atoms with Gasteiger partial charge in [-0.25, -0.2) is 10.8 Å². The lowest BCUT2D eigenvalue weighted by Crippen LogP contribution is -2.29. The van der Waals surface area contributed by atoms with Crippen molar-refractivity contribution in [3.63, 3.8) is 0 Å². The highest BCUT2D eigenvalue weighted by Gasteiger charge is 1.99. The van der Waals surface area contributed by atoms with Gasteiger partial charge in [-0.3, -0.25) is 10.2 Å². The van der Waals surface area contributed by atoms with Gasteiger partial charge in [0.25, 0.3) is 0 Å². The Morgan fingerprint density at radius 1 is 1.53 bits per heavy atom. The van der Waals surface area contributed by atoms with E-state index in [0.29, 0.717) is 6.42 Å². The topological polar surface area (TPSA) is 68.0 Å². The molecule has 1 aromatic heterocycles. The molecule has 0 atom stereocenters. The fourth-order valence-corrected chi connectivity index (χ4v) is 2.83. The van der Waals surface area contributed by atoms with Crippen LogP contribution in [0.4, 0.5) is 0 Å². The van der Waals surface area contributed by atoms with E-state index < -0.39 is 0 Å². The lowest BCUT2D eigenvalue weighted by atomic mass is 10.3. The molecule has 0 radical (unpaired) electrons. The van der Waals surface area contributed by atoms with E-state index in [1.54, 1.807) is 27.8 Å². The quantitative estimate of drug-likeness (QED) is 0.261. The van der Waals surface area contributed by atoms with Crippen LogP contribution in [0.1, 0.15) is 12.8 Å². The van der Waals surface area contributed by atoms with Crippen molar-refractivity contribution in [2.75, 3.05) is 5.75 Å². The third-order valence-electron chi connectivity index (χ3n) is 1.57. The number of carbonyl (C=O) groups excluding carboxylic acids is 1. The average molecular weight is 243 g/mol. The summed E-state index contributed by atoms with van der Waals surface area (Å²) < 4.78 is 0. The minimum absolute atomic E-state index is 0.113. The summed E-state index contributed by atoms with van der Waals surface area (Å²) in [7, 11) is 3.31. The van der Waals surface area contributed by atoms with E-state index in [0.717, 1.165) is 17.2 Å². The van der Waals surface area contributed by atoms with Gasteiger partial charge in [-0.1, -0.05) is 16.9 Å². The van der Waals surface area contributed by atoms with E-state index in [1.165, 1.54) is 0 Å². The second kappa shape index (κ2) is 7.56. The number of amides is 1. The number of nitrogens with one attached hydrogen (secondary N) is 1. The maximum atomic E-state index is 10.8. The van der Waals surface area contributed by atoms with Gasteiger partial charge in [0, 0.05) is 18.4 Å². The van der Waals surface area contributed by atoms with Crippen molar-refractivity contribution < 1.29 is 4.79 Å². The second-order valence-corrected chi connectivity index (χ2v) is 5.18. The van der Waals surface area contributed by atoms with Gasteiger partial charge in [0.05, 0.1) is 0 Å². The number of aromatic nitrogens is 1. The van der Waals surface area contributed by atoms with E-state index in [4.69, 9.17) is 5.84 Å². The molecule has 4 nitrogen and oxygen atoms in total. The monoisotopic (exact) mass is 243 g/mol. The highest BCUT2D eigenvalue weighted by molar-refractivity contribution is 8.76. The molecule has 0 aromatic carbocycles. The Kier molecular flexibility index (Phi) is 6.22. The second-order valence-electron chi connectivity index (χ2n) is 2.74. The van der Waals surface area contributed by atoms with Crippen LogP contribution in [0.25, 0.3) is 0 Å². The van der Waals surface area contributed by atoms with Crippen LogP contribution in [0.5, 0.6) is 0 Å². The first-order chi connectivity index (χ1) is 7.33. The Bertz CT molecular complexity index is 295. The predicted molar refractivity (Wildman–Crippen MR) is 64.1 cm³/mol. The van der Waals surface area contributed by atoms with Crippen molar-refractivity contribution in [2.24, 2.45) is 5.84 Å². The summed E-state index contributed by atoms with van der Waals surface area (Å²) >= 11 is 0. The zero-order valence-electron chi connectivity index (χ0n) is 8.18. The van der Waals surface area contributed by atoms with Gasteiger partial charge >= 0.3 is 0 Å². The number of hydrazine groups is 1. The molecule has 1 aromatic rings. The lowest BCUT2D eigenvalue weighted by molar-refractivity contribution is -0.121. The van der Waals surface area contributed by atoms with Crippen LogP contribution in [0, 0.1) is 0 Å². The molecule has 0 saturated heterocycles. The molecular formula is C9H13N3OS2. The summed E-state index contributed by atoms with van der Waals surface area (Å²) in [6.45, 7) is 0. The number of carbonyl (C=O) groups is 1. The Morgan fingerprint density at radius 3 is 3.07 bits per heavy atom. The van der Waals surface area contributed by atoms with Crippen LogP contribution in [0.3, 0.4) is 0 Å². The van der Waals surface area contributed by atoms with Crippen molar-refractivity contribution in [1.29, 1.82) is 0 Å². The smallest absolute Gasteiger partial charge is 0.233 e. The molecule has 0 spiro atoms. The van der Waals surface area contributed by atoms with Crippen LogP contribution in [-0.2, 0) is 4.79 Å². The Hall–Kier alpha value is -0.720. The van der Waals surface area contributed by atoms with Crippen LogP contribution in [0.15, 0.2) is 29.4 Å². The Labute approximate surface area is 96.8 Å². The number of hydrogen-bond acceptors (Lipinski definition) is 5. The van der Waals surface area contributed by atoms with E-state index in [-0.39, 0.29) is 5.91 Å². The van der Waals surface area contributed by atoms with Crippen molar-refractivity contribution in [1.82, 2.24) is 10.4 Å². The first-order valence-corrected chi connectivity index (χ1v) is 6.85. The molecule has 0 fully saturated rings. The Morgan fingerprint density at radius 2 is 2.40 bits per heavy atom. The highest BCUT2D eigenvalue weighted by atomic mass is 33.1. The normalized spacial score (nSPS) is 9.93. The fourth-order valence-electron chi connectivity index (χ4n) is 0.862. The molecule has 82 valence electrons. The van der Waals surface area contributed by atoms with Gasteiger partial charge in [0.1, 0.15) is 5.03 Å². The predicted octanol–water partition coefficient (Wildman–Crippen LogP) is 1.59. The number of rotatable bonds is 6. The maximum Gasteiger partial charge on any atom is 0.233 e. The first kappa shape index (κ1) is 12.4. The molecule has 0 aliphatic rings. The lowest BCUT2D eigenvalue weighted by Gasteiger charge is -2.00. The number of pyridine rings is 1. The largest absolute Gasteiger partial charge is 0.294 e. The first-order valence-electron chi connectivity index (χ1n) is 4.53. The van der Waals surface area contributed by atoms with Gasteiger partial charge < -0.3 is 0 Å². The molecule has 0 unspecified atom stereocenters. The van der Waals surface area contributed by atoms with Gasteiger partial charge in [0.15, 0.2) is 0 Å². The summed E-state index contributed by atoms with van der Waals surface area (Å²) in [6.07, 6.45) is 3.07. The SMILES string of the molecule is NNC(=O)CCCSSc1ccccn1. The summed E-state index contributed by atoms with van der Waals surface area (Å²) in [5, 5.41) is 0.991. The fraction of sp³-hybridized carbons (Fsp3) is 0.333. The van der Waals surface area contributed by atoms with Crippen LogP contribution >= 0.6 is 21.6 Å². The summed E-state index contributed by atoms with van der Waals surface area (Å²) in [6, 6.07) is 5.81. The molecule has 1 heterocycles. The minimum atomic E-state index is -0.113. The Balaban J connectivity index is 2.05. The van der Waals surface area contributed by atoms with Crippen molar-refractivity contribution in [3.8, 4) is 0 Å². The van der Waals surface area contributed by atoms with Gasteiger partial charge in [-0.2, -0.15) is 0 Å². The zero-order valence-corrected chi connectivity index (χ0v) is 9.81. The molecule has 0 saturated carbocycles. The van der Waals surface area contributed by atoms with Crippen LogP contribution < -0.4 is 11.3 Å². The number of nitrogens with zero attached hydrogens (tertiary/aromatic N) is 1. The number of nitrogens with two attached hydrogens (primary N) is 1. The highest BCUT2D eigenvalue weighted by Crippen LogP contribution is 2.29. The maximum absolute atomic E-state index is 10.8. The van der Waals surface area contributed by atoms with Crippen LogP contribution in [-0.4, -0.2) is 16.6 Å². The van der Waals surface area contributed by atoms with Crippen LogP contribution in [0.2, 0.25) is 0 Å². The van der Waals surface area contributed by atoms with E-state index in [2.05, 4.69) is 10.4 Å². The molecule has 0 bridgehead atoms. The minimum Gasteiger partial charge on any atom is -0.294 e. The average Bonchev–Trinajstić information content (AvgIpc) is 2.29. The molecule has 6 heteroatoms. The van der Waals surface area contributed by atoms with Crippen molar-refractivity contribution >= 4 is 27.5 Å².